The van der Waals surface area contributed by atoms with E-state index in [9.17, 15) is 9.59 Å². The molecule has 0 unspecified atom stereocenters. The summed E-state index contributed by atoms with van der Waals surface area (Å²) in [4.78, 5) is 26.5. The van der Waals surface area contributed by atoms with Gasteiger partial charge < -0.3 is 5.11 Å². The van der Waals surface area contributed by atoms with Crippen molar-refractivity contribution in [3.05, 3.63) is 18.5 Å². The van der Waals surface area contributed by atoms with Crippen LogP contribution in [0, 0.1) is 17.8 Å². The van der Waals surface area contributed by atoms with Crippen molar-refractivity contribution in [2.45, 2.75) is 32.2 Å². The number of carbonyl (C=O) groups is 2. The number of aromatic nitrogens is 3. The van der Waals surface area contributed by atoms with E-state index in [0.29, 0.717) is 24.2 Å². The highest BCUT2D eigenvalue weighted by molar-refractivity contribution is 5.89. The van der Waals surface area contributed by atoms with Crippen LogP contribution in [-0.2, 0) is 16.1 Å². The minimum Gasteiger partial charge on any atom is -0.480 e. The number of aliphatic carboxylic acids is 1. The molecule has 1 aromatic rings. The molecule has 3 atom stereocenters. The van der Waals surface area contributed by atoms with Crippen LogP contribution < -0.4 is 5.32 Å². The average Bonchev–Trinajstić information content (AvgIpc) is 2.86. The first-order chi connectivity index (χ1) is 10.1. The minimum atomic E-state index is -0.997. The lowest BCUT2D eigenvalue weighted by Crippen LogP contribution is -2.30. The molecular formula is C14H18N4O3. The Labute approximate surface area is 122 Å². The average molecular weight is 290 g/mol. The van der Waals surface area contributed by atoms with Gasteiger partial charge >= 0.3 is 5.97 Å². The fraction of sp³-hybridized carbons (Fsp3) is 0.571. The van der Waals surface area contributed by atoms with Gasteiger partial charge in [0, 0.05) is 6.42 Å². The number of carboxylic acids is 1. The fourth-order valence-corrected chi connectivity index (χ4v) is 3.27. The van der Waals surface area contributed by atoms with E-state index in [0.717, 1.165) is 6.42 Å². The Hall–Kier alpha value is -2.18. The molecule has 3 aliphatic rings. The van der Waals surface area contributed by atoms with E-state index in [2.05, 4.69) is 27.6 Å². The molecule has 7 heteroatoms. The zero-order chi connectivity index (χ0) is 14.8. The SMILES string of the molecule is O=C(O)Cn1cnc(NC(=O)C[C@@H]2C[C@@H]3C=C[C@H]2CC3)n1. The van der Waals surface area contributed by atoms with Gasteiger partial charge in [0.1, 0.15) is 12.9 Å². The molecular weight excluding hydrogens is 272 g/mol. The molecule has 0 spiro atoms. The van der Waals surface area contributed by atoms with E-state index in [1.807, 2.05) is 0 Å². The first-order valence-corrected chi connectivity index (χ1v) is 7.19. The summed E-state index contributed by atoms with van der Waals surface area (Å²) in [7, 11) is 0. The third kappa shape index (κ3) is 3.29. The van der Waals surface area contributed by atoms with Crippen molar-refractivity contribution in [2.75, 3.05) is 5.32 Å². The van der Waals surface area contributed by atoms with Crippen LogP contribution in [0.5, 0.6) is 0 Å². The van der Waals surface area contributed by atoms with Crippen molar-refractivity contribution >= 4 is 17.8 Å². The zero-order valence-corrected chi connectivity index (χ0v) is 11.6. The van der Waals surface area contributed by atoms with Gasteiger partial charge in [-0.15, -0.1) is 5.10 Å². The standard InChI is InChI=1S/C14H18N4O3/c19-12(6-11-5-9-1-3-10(11)4-2-9)16-14-15-8-18(17-14)7-13(20)21/h1,3,8-11H,2,4-7H2,(H,20,21)(H,16,17,19)/t9-,10+,11+/m1/s1. The quantitative estimate of drug-likeness (QED) is 0.796. The van der Waals surface area contributed by atoms with Crippen molar-refractivity contribution < 1.29 is 14.7 Å². The van der Waals surface area contributed by atoms with Gasteiger partial charge in [-0.1, -0.05) is 12.2 Å². The second kappa shape index (κ2) is 5.67. The van der Waals surface area contributed by atoms with Gasteiger partial charge in [0.2, 0.25) is 11.9 Å². The van der Waals surface area contributed by atoms with Gasteiger partial charge in [0.15, 0.2) is 0 Å². The molecule has 4 rings (SSSR count). The lowest BCUT2D eigenvalue weighted by molar-refractivity contribution is -0.137. The zero-order valence-electron chi connectivity index (χ0n) is 11.6. The van der Waals surface area contributed by atoms with Crippen LogP contribution in [-0.4, -0.2) is 31.7 Å². The highest BCUT2D eigenvalue weighted by Crippen LogP contribution is 2.41. The lowest BCUT2D eigenvalue weighted by Gasteiger charge is -2.37. The normalized spacial score (nSPS) is 26.8. The van der Waals surface area contributed by atoms with Crippen LogP contribution in [0.15, 0.2) is 18.5 Å². The third-order valence-corrected chi connectivity index (χ3v) is 4.24. The summed E-state index contributed by atoms with van der Waals surface area (Å²) < 4.78 is 1.18. The second-order valence-corrected chi connectivity index (χ2v) is 5.79. The molecule has 1 fully saturated rings. The summed E-state index contributed by atoms with van der Waals surface area (Å²) >= 11 is 0. The summed E-state index contributed by atoms with van der Waals surface area (Å²) in [6.45, 7) is -0.264. The van der Waals surface area contributed by atoms with Crippen molar-refractivity contribution in [3.8, 4) is 0 Å². The van der Waals surface area contributed by atoms with Crippen molar-refractivity contribution in [3.63, 3.8) is 0 Å². The number of allylic oxidation sites excluding steroid dienone is 2. The number of carbonyl (C=O) groups excluding carboxylic acids is 1. The molecule has 0 aliphatic heterocycles. The van der Waals surface area contributed by atoms with Crippen LogP contribution in [0.2, 0.25) is 0 Å². The monoisotopic (exact) mass is 290 g/mol. The molecule has 3 aliphatic carbocycles. The Kier molecular flexibility index (Phi) is 3.72. The van der Waals surface area contributed by atoms with Crippen molar-refractivity contribution in [1.82, 2.24) is 14.8 Å². The minimum absolute atomic E-state index is 0.103. The molecule has 21 heavy (non-hydrogen) atoms. The van der Waals surface area contributed by atoms with Crippen LogP contribution in [0.25, 0.3) is 0 Å². The third-order valence-electron chi connectivity index (χ3n) is 4.24. The molecule has 7 nitrogen and oxygen atoms in total. The van der Waals surface area contributed by atoms with Crippen LogP contribution >= 0.6 is 0 Å². The van der Waals surface area contributed by atoms with E-state index in [4.69, 9.17) is 5.11 Å². The number of amides is 1. The maximum atomic E-state index is 12.0. The van der Waals surface area contributed by atoms with Gasteiger partial charge in [0.25, 0.3) is 0 Å². The summed E-state index contributed by atoms with van der Waals surface area (Å²) in [5.41, 5.74) is 0. The highest BCUT2D eigenvalue weighted by Gasteiger charge is 2.33. The highest BCUT2D eigenvalue weighted by atomic mass is 16.4. The molecule has 2 bridgehead atoms. The number of nitrogens with one attached hydrogen (secondary N) is 1. The van der Waals surface area contributed by atoms with Gasteiger partial charge in [0.05, 0.1) is 0 Å². The van der Waals surface area contributed by atoms with Crippen LogP contribution in [0.1, 0.15) is 25.7 Å². The Morgan fingerprint density at radius 1 is 1.38 bits per heavy atom. The van der Waals surface area contributed by atoms with E-state index in [1.54, 1.807) is 0 Å². The smallest absolute Gasteiger partial charge is 0.325 e. The van der Waals surface area contributed by atoms with Crippen molar-refractivity contribution in [2.24, 2.45) is 17.8 Å². The Morgan fingerprint density at radius 2 is 2.24 bits per heavy atom. The molecule has 1 aromatic heterocycles. The topological polar surface area (TPSA) is 97.1 Å². The number of rotatable bonds is 5. The second-order valence-electron chi connectivity index (χ2n) is 5.79. The number of anilines is 1. The first kappa shape index (κ1) is 13.8. The van der Waals surface area contributed by atoms with E-state index in [1.165, 1.54) is 23.9 Å². The van der Waals surface area contributed by atoms with Gasteiger partial charge in [-0.25, -0.2) is 9.67 Å². The molecule has 0 aromatic carbocycles. The molecule has 1 amide bonds. The lowest BCUT2D eigenvalue weighted by atomic mass is 9.68. The summed E-state index contributed by atoms with van der Waals surface area (Å²) in [5.74, 6) is 0.600. The molecule has 0 saturated heterocycles. The summed E-state index contributed by atoms with van der Waals surface area (Å²) in [5, 5.41) is 15.2. The largest absolute Gasteiger partial charge is 0.480 e. The maximum Gasteiger partial charge on any atom is 0.325 e. The number of nitrogens with zero attached hydrogens (tertiary/aromatic N) is 3. The first-order valence-electron chi connectivity index (χ1n) is 7.19. The number of hydrogen-bond acceptors (Lipinski definition) is 4. The molecule has 1 heterocycles. The predicted octanol–water partition coefficient (Wildman–Crippen LogP) is 1.29. The van der Waals surface area contributed by atoms with Crippen LogP contribution in [0.4, 0.5) is 5.95 Å². The Bertz CT molecular complexity index is 581. The fourth-order valence-electron chi connectivity index (χ4n) is 3.27. The number of fused-ring (bicyclic) bond motifs is 2. The Balaban J connectivity index is 1.53. The summed E-state index contributed by atoms with van der Waals surface area (Å²) in [6.07, 6.45) is 9.78. The van der Waals surface area contributed by atoms with E-state index >= 15 is 0 Å². The number of hydrogen-bond donors (Lipinski definition) is 2. The molecule has 2 N–H and O–H groups in total. The Morgan fingerprint density at radius 3 is 2.86 bits per heavy atom. The number of carboxylic acid groups (broad SMARTS) is 1. The molecule has 1 saturated carbocycles. The molecule has 0 radical (unpaired) electrons. The van der Waals surface area contributed by atoms with Gasteiger partial charge in [-0.05, 0) is 37.0 Å². The van der Waals surface area contributed by atoms with Crippen molar-refractivity contribution in [1.29, 1.82) is 0 Å². The van der Waals surface area contributed by atoms with E-state index < -0.39 is 5.97 Å². The van der Waals surface area contributed by atoms with Gasteiger partial charge in [-0.2, -0.15) is 0 Å². The maximum absolute atomic E-state index is 12.0. The summed E-state index contributed by atoms with van der Waals surface area (Å²) in [6, 6.07) is 0. The predicted molar refractivity (Wildman–Crippen MR) is 74.4 cm³/mol. The molecule has 112 valence electrons. The van der Waals surface area contributed by atoms with Gasteiger partial charge in [-0.3, -0.25) is 14.9 Å². The van der Waals surface area contributed by atoms with E-state index in [-0.39, 0.29) is 18.4 Å². The van der Waals surface area contributed by atoms with Crippen LogP contribution in [0.3, 0.4) is 0 Å².